The van der Waals surface area contributed by atoms with Crippen LogP contribution in [0.4, 0.5) is 17.3 Å². The average molecular weight is 225 g/mol. The van der Waals surface area contributed by atoms with E-state index in [1.54, 1.807) is 24.5 Å². The molecule has 2 rings (SSSR count). The maximum atomic E-state index is 8.71. The van der Waals surface area contributed by atoms with Crippen molar-refractivity contribution in [1.82, 2.24) is 9.97 Å². The Hall–Kier alpha value is -2.61. The van der Waals surface area contributed by atoms with Crippen molar-refractivity contribution in [3.05, 3.63) is 42.2 Å². The second-order valence-electron chi connectivity index (χ2n) is 3.53. The van der Waals surface area contributed by atoms with Gasteiger partial charge in [0.1, 0.15) is 0 Å². The minimum absolute atomic E-state index is 0.530. The molecule has 0 amide bonds. The van der Waals surface area contributed by atoms with E-state index in [-0.39, 0.29) is 0 Å². The Morgan fingerprint density at radius 3 is 2.29 bits per heavy atom. The fraction of sp³-hybridized carbons (Fsp3) is 0.0833. The zero-order chi connectivity index (χ0) is 12.3. The number of nitrogen functional groups attached to an aromatic ring is 1. The van der Waals surface area contributed by atoms with Crippen molar-refractivity contribution in [2.24, 2.45) is 0 Å². The second-order valence-corrected chi connectivity index (χ2v) is 3.53. The minimum atomic E-state index is 0.530. The van der Waals surface area contributed by atoms with Crippen LogP contribution in [0.3, 0.4) is 0 Å². The Morgan fingerprint density at radius 1 is 1.18 bits per heavy atom. The predicted molar refractivity (Wildman–Crippen MR) is 65.7 cm³/mol. The van der Waals surface area contributed by atoms with Crippen molar-refractivity contribution in [3.8, 4) is 6.07 Å². The van der Waals surface area contributed by atoms with Gasteiger partial charge in [-0.15, -0.1) is 0 Å². The summed E-state index contributed by atoms with van der Waals surface area (Å²) in [5, 5.41) is 8.71. The Labute approximate surface area is 99.1 Å². The summed E-state index contributed by atoms with van der Waals surface area (Å²) in [6, 6.07) is 9.27. The minimum Gasteiger partial charge on any atom is -0.396 e. The molecular formula is C12H11N5. The molecule has 0 bridgehead atoms. The third-order valence-corrected chi connectivity index (χ3v) is 2.34. The molecule has 84 valence electrons. The highest BCUT2D eigenvalue weighted by atomic mass is 15.2. The molecule has 1 aromatic carbocycles. The second kappa shape index (κ2) is 4.49. The number of nitrogens with two attached hydrogens (primary N) is 1. The molecule has 2 N–H and O–H groups in total. The first-order valence-corrected chi connectivity index (χ1v) is 5.02. The van der Waals surface area contributed by atoms with Crippen molar-refractivity contribution < 1.29 is 0 Å². The zero-order valence-corrected chi connectivity index (χ0v) is 9.33. The molecule has 0 atom stereocenters. The fourth-order valence-corrected chi connectivity index (χ4v) is 1.38. The van der Waals surface area contributed by atoms with E-state index in [9.17, 15) is 0 Å². The average Bonchev–Trinajstić information content (AvgIpc) is 2.39. The van der Waals surface area contributed by atoms with Gasteiger partial charge in [-0.05, 0) is 24.3 Å². The van der Waals surface area contributed by atoms with Gasteiger partial charge in [0.15, 0.2) is 0 Å². The monoisotopic (exact) mass is 225 g/mol. The van der Waals surface area contributed by atoms with Crippen LogP contribution in [0.15, 0.2) is 36.7 Å². The van der Waals surface area contributed by atoms with Crippen LogP contribution >= 0.6 is 0 Å². The number of hydrogen-bond acceptors (Lipinski definition) is 5. The summed E-state index contributed by atoms with van der Waals surface area (Å²) in [6.07, 6.45) is 3.12. The van der Waals surface area contributed by atoms with Gasteiger partial charge >= 0.3 is 0 Å². The van der Waals surface area contributed by atoms with E-state index in [1.165, 1.54) is 0 Å². The number of benzene rings is 1. The van der Waals surface area contributed by atoms with Gasteiger partial charge in [-0.3, -0.25) is 0 Å². The SMILES string of the molecule is CN(c1ccc(C#N)cc1)c1ncc(N)cn1. The van der Waals surface area contributed by atoms with Gasteiger partial charge in [-0.1, -0.05) is 0 Å². The predicted octanol–water partition coefficient (Wildman–Crippen LogP) is 1.70. The molecule has 0 saturated heterocycles. The molecule has 17 heavy (non-hydrogen) atoms. The Balaban J connectivity index is 2.27. The van der Waals surface area contributed by atoms with Gasteiger partial charge in [0, 0.05) is 12.7 Å². The van der Waals surface area contributed by atoms with Gasteiger partial charge < -0.3 is 10.6 Å². The summed E-state index contributed by atoms with van der Waals surface area (Å²) in [7, 11) is 1.85. The van der Waals surface area contributed by atoms with Crippen molar-refractivity contribution in [2.45, 2.75) is 0 Å². The van der Waals surface area contributed by atoms with E-state index in [4.69, 9.17) is 11.0 Å². The zero-order valence-electron chi connectivity index (χ0n) is 9.33. The number of aromatic nitrogens is 2. The highest BCUT2D eigenvalue weighted by molar-refractivity contribution is 5.57. The number of rotatable bonds is 2. The molecule has 0 aliphatic heterocycles. The highest BCUT2D eigenvalue weighted by Gasteiger charge is 2.06. The largest absolute Gasteiger partial charge is 0.396 e. The van der Waals surface area contributed by atoms with Crippen molar-refractivity contribution in [1.29, 1.82) is 5.26 Å². The number of nitriles is 1. The standard InChI is InChI=1S/C12H11N5/c1-17(12-15-7-10(14)8-16-12)11-4-2-9(6-13)3-5-11/h2-5,7-8H,14H2,1H3. The summed E-state index contributed by atoms with van der Waals surface area (Å²) < 4.78 is 0. The third-order valence-electron chi connectivity index (χ3n) is 2.34. The first-order valence-electron chi connectivity index (χ1n) is 5.02. The molecule has 0 aliphatic carbocycles. The van der Waals surface area contributed by atoms with Crippen LogP contribution in [0.25, 0.3) is 0 Å². The molecule has 1 aromatic heterocycles. The molecule has 0 aliphatic rings. The van der Waals surface area contributed by atoms with Crippen LogP contribution in [-0.4, -0.2) is 17.0 Å². The van der Waals surface area contributed by atoms with Crippen LogP contribution in [0, 0.1) is 11.3 Å². The Morgan fingerprint density at radius 2 is 1.76 bits per heavy atom. The highest BCUT2D eigenvalue weighted by Crippen LogP contribution is 2.20. The van der Waals surface area contributed by atoms with E-state index in [0.29, 0.717) is 17.2 Å². The lowest BCUT2D eigenvalue weighted by atomic mass is 10.2. The summed E-state index contributed by atoms with van der Waals surface area (Å²) in [5.41, 5.74) is 7.59. The summed E-state index contributed by atoms with van der Waals surface area (Å²) in [6.45, 7) is 0. The first-order chi connectivity index (χ1) is 8.20. The number of anilines is 3. The maximum absolute atomic E-state index is 8.71. The van der Waals surface area contributed by atoms with Crippen LogP contribution in [0.5, 0.6) is 0 Å². The van der Waals surface area contributed by atoms with Crippen LogP contribution in [-0.2, 0) is 0 Å². The lowest BCUT2D eigenvalue weighted by Crippen LogP contribution is -2.12. The van der Waals surface area contributed by atoms with Gasteiger partial charge in [-0.25, -0.2) is 9.97 Å². The van der Waals surface area contributed by atoms with Crippen molar-refractivity contribution in [2.75, 3.05) is 17.7 Å². The molecule has 0 fully saturated rings. The molecule has 0 radical (unpaired) electrons. The molecule has 0 spiro atoms. The van der Waals surface area contributed by atoms with Crippen molar-refractivity contribution in [3.63, 3.8) is 0 Å². The van der Waals surface area contributed by atoms with Crippen LogP contribution in [0.2, 0.25) is 0 Å². The fourth-order valence-electron chi connectivity index (χ4n) is 1.38. The smallest absolute Gasteiger partial charge is 0.229 e. The van der Waals surface area contributed by atoms with E-state index in [2.05, 4.69) is 16.0 Å². The molecule has 1 heterocycles. The molecule has 0 saturated carbocycles. The van der Waals surface area contributed by atoms with Crippen molar-refractivity contribution >= 4 is 17.3 Å². The molecule has 2 aromatic rings. The van der Waals surface area contributed by atoms with E-state index in [1.807, 2.05) is 24.1 Å². The number of hydrogen-bond donors (Lipinski definition) is 1. The summed E-state index contributed by atoms with van der Waals surface area (Å²) in [5.74, 6) is 0.559. The number of nitrogens with zero attached hydrogens (tertiary/aromatic N) is 4. The maximum Gasteiger partial charge on any atom is 0.229 e. The van der Waals surface area contributed by atoms with E-state index >= 15 is 0 Å². The van der Waals surface area contributed by atoms with Gasteiger partial charge in [0.05, 0.1) is 29.7 Å². The van der Waals surface area contributed by atoms with Gasteiger partial charge in [0.25, 0.3) is 0 Å². The summed E-state index contributed by atoms with van der Waals surface area (Å²) >= 11 is 0. The lowest BCUT2D eigenvalue weighted by Gasteiger charge is -2.16. The molecule has 5 heteroatoms. The topological polar surface area (TPSA) is 78.8 Å². The Bertz CT molecular complexity index is 539. The Kier molecular flexibility index (Phi) is 2.88. The van der Waals surface area contributed by atoms with Gasteiger partial charge in [-0.2, -0.15) is 5.26 Å². The summed E-state index contributed by atoms with van der Waals surface area (Å²) in [4.78, 5) is 10.1. The normalized spacial score (nSPS) is 9.65. The van der Waals surface area contributed by atoms with Crippen LogP contribution in [0.1, 0.15) is 5.56 Å². The molecule has 0 unspecified atom stereocenters. The lowest BCUT2D eigenvalue weighted by molar-refractivity contribution is 1.04. The van der Waals surface area contributed by atoms with Gasteiger partial charge in [0.2, 0.25) is 5.95 Å². The quantitative estimate of drug-likeness (QED) is 0.841. The third kappa shape index (κ3) is 2.32. The van der Waals surface area contributed by atoms with E-state index < -0.39 is 0 Å². The van der Waals surface area contributed by atoms with E-state index in [0.717, 1.165) is 5.69 Å². The molecular weight excluding hydrogens is 214 g/mol. The first kappa shape index (κ1) is 10.9. The van der Waals surface area contributed by atoms with Crippen LogP contribution < -0.4 is 10.6 Å². The molecule has 5 nitrogen and oxygen atoms in total.